The first-order valence-electron chi connectivity index (χ1n) is 8.95. The minimum absolute atomic E-state index is 0.256. The van der Waals surface area contributed by atoms with Crippen LogP contribution in [0.4, 0.5) is 5.13 Å². The minimum atomic E-state index is 0.256. The van der Waals surface area contributed by atoms with Crippen LogP contribution in [0.25, 0.3) is 10.2 Å². The van der Waals surface area contributed by atoms with Gasteiger partial charge in [-0.1, -0.05) is 22.9 Å². The number of aromatic nitrogens is 1. The summed E-state index contributed by atoms with van der Waals surface area (Å²) in [5.41, 5.74) is 1.01. The molecule has 0 aliphatic carbocycles. The van der Waals surface area contributed by atoms with Gasteiger partial charge in [-0.15, -0.1) is 0 Å². The van der Waals surface area contributed by atoms with Crippen LogP contribution >= 0.6 is 22.9 Å². The first-order chi connectivity index (χ1) is 12.1. The van der Waals surface area contributed by atoms with E-state index >= 15 is 0 Å². The molecule has 0 bridgehead atoms. The molecule has 1 aromatic carbocycles. The second-order valence-electron chi connectivity index (χ2n) is 7.32. The molecule has 25 heavy (non-hydrogen) atoms. The molecule has 4 rings (SSSR count). The van der Waals surface area contributed by atoms with Crippen molar-refractivity contribution in [2.24, 2.45) is 11.8 Å². The second-order valence-corrected chi connectivity index (χ2v) is 8.77. The van der Waals surface area contributed by atoms with Crippen molar-refractivity contribution in [3.8, 4) is 0 Å². The Morgan fingerprint density at radius 3 is 2.72 bits per heavy atom. The monoisotopic (exact) mass is 380 g/mol. The highest BCUT2D eigenvalue weighted by atomic mass is 35.5. The van der Waals surface area contributed by atoms with Crippen molar-refractivity contribution >= 4 is 38.3 Å². The van der Waals surface area contributed by atoms with Gasteiger partial charge in [0.1, 0.15) is 0 Å². The number of benzene rings is 1. The van der Waals surface area contributed by atoms with Crippen LogP contribution < -0.4 is 4.90 Å². The molecule has 1 N–H and O–H groups in total. The molecule has 0 amide bonds. The van der Waals surface area contributed by atoms with Gasteiger partial charge in [0.15, 0.2) is 5.13 Å². The maximum atomic E-state index is 9.86. The van der Waals surface area contributed by atoms with E-state index in [0.29, 0.717) is 11.8 Å². The summed E-state index contributed by atoms with van der Waals surface area (Å²) >= 11 is 7.80. The summed E-state index contributed by atoms with van der Waals surface area (Å²) in [6.07, 6.45) is 0. The summed E-state index contributed by atoms with van der Waals surface area (Å²) in [6, 6.07) is 5.86. The number of hydrogen-bond acceptors (Lipinski definition) is 6. The topological polar surface area (TPSA) is 42.8 Å². The molecule has 136 valence electrons. The van der Waals surface area contributed by atoms with Gasteiger partial charge in [0.25, 0.3) is 0 Å². The second kappa shape index (κ2) is 7.37. The van der Waals surface area contributed by atoms with E-state index in [-0.39, 0.29) is 6.61 Å². The normalized spacial score (nSPS) is 26.0. The van der Waals surface area contributed by atoms with Crippen molar-refractivity contribution in [2.75, 3.05) is 64.4 Å². The van der Waals surface area contributed by atoms with Gasteiger partial charge in [0.05, 0.1) is 10.2 Å². The number of hydrogen-bond donors (Lipinski definition) is 1. The van der Waals surface area contributed by atoms with Crippen LogP contribution in [0.3, 0.4) is 0 Å². The van der Waals surface area contributed by atoms with Crippen LogP contribution in [0.1, 0.15) is 0 Å². The van der Waals surface area contributed by atoms with E-state index < -0.39 is 0 Å². The number of piperazine rings is 1. The Morgan fingerprint density at radius 1 is 1.20 bits per heavy atom. The zero-order valence-electron chi connectivity index (χ0n) is 14.6. The Hall–Kier alpha value is -0.920. The van der Waals surface area contributed by atoms with Crippen LogP contribution in [0, 0.1) is 11.8 Å². The van der Waals surface area contributed by atoms with E-state index in [1.807, 2.05) is 18.2 Å². The van der Waals surface area contributed by atoms with Crippen molar-refractivity contribution in [2.45, 2.75) is 0 Å². The highest BCUT2D eigenvalue weighted by molar-refractivity contribution is 7.22. The Kier molecular flexibility index (Phi) is 5.15. The predicted octanol–water partition coefficient (Wildman–Crippen LogP) is 2.24. The highest BCUT2D eigenvalue weighted by Gasteiger charge is 2.35. The van der Waals surface area contributed by atoms with E-state index in [9.17, 15) is 5.11 Å². The molecular weight excluding hydrogens is 356 g/mol. The molecule has 2 saturated heterocycles. The van der Waals surface area contributed by atoms with Crippen LogP contribution in [-0.4, -0.2) is 79.4 Å². The SMILES string of the molecule is CN1CCN(C[C@@H]2CN(c3nc4ccc(Cl)cc4s3)C[C@@H]2CO)CC1. The van der Waals surface area contributed by atoms with Gasteiger partial charge >= 0.3 is 0 Å². The summed E-state index contributed by atoms with van der Waals surface area (Å²) in [7, 11) is 2.19. The van der Waals surface area contributed by atoms with Gasteiger partial charge in [0.2, 0.25) is 0 Å². The number of fused-ring (bicyclic) bond motifs is 1. The number of anilines is 1. The lowest BCUT2D eigenvalue weighted by molar-refractivity contribution is 0.116. The largest absolute Gasteiger partial charge is 0.396 e. The third-order valence-corrected chi connectivity index (χ3v) is 6.82. The van der Waals surface area contributed by atoms with Gasteiger partial charge < -0.3 is 19.8 Å². The standard InChI is InChI=1S/C18H25ClN4OS/c1-21-4-6-22(7-5-21)9-13-10-23(11-14(13)12-24)18-20-16-3-2-15(19)8-17(16)25-18/h2-3,8,13-14,24H,4-7,9-12H2,1H3/t13-,14-/m1/s1. The molecule has 2 fully saturated rings. The first kappa shape index (κ1) is 17.5. The number of nitrogens with zero attached hydrogens (tertiary/aromatic N) is 4. The van der Waals surface area contributed by atoms with Gasteiger partial charge in [0, 0.05) is 63.4 Å². The van der Waals surface area contributed by atoms with E-state index in [1.165, 1.54) is 0 Å². The Balaban J connectivity index is 1.46. The number of likely N-dealkylation sites (N-methyl/N-ethyl adjacent to an activating group) is 1. The molecule has 0 radical (unpaired) electrons. The number of thiazole rings is 1. The summed E-state index contributed by atoms with van der Waals surface area (Å²) < 4.78 is 1.13. The Morgan fingerprint density at radius 2 is 1.96 bits per heavy atom. The lowest BCUT2D eigenvalue weighted by Gasteiger charge is -2.34. The fraction of sp³-hybridized carbons (Fsp3) is 0.611. The summed E-state index contributed by atoms with van der Waals surface area (Å²) in [4.78, 5) is 12.1. The van der Waals surface area contributed by atoms with E-state index in [0.717, 1.165) is 66.2 Å². The third-order valence-electron chi connectivity index (χ3n) is 5.51. The van der Waals surface area contributed by atoms with E-state index in [4.69, 9.17) is 16.6 Å². The Labute approximate surface area is 157 Å². The minimum Gasteiger partial charge on any atom is -0.396 e. The predicted molar refractivity (Wildman–Crippen MR) is 105 cm³/mol. The molecule has 5 nitrogen and oxygen atoms in total. The average molecular weight is 381 g/mol. The van der Waals surface area contributed by atoms with Gasteiger partial charge in [-0.2, -0.15) is 0 Å². The van der Waals surface area contributed by atoms with Crippen molar-refractivity contribution in [1.82, 2.24) is 14.8 Å². The molecule has 2 atom stereocenters. The lowest BCUT2D eigenvalue weighted by Crippen LogP contribution is -2.47. The molecule has 2 aromatic rings. The van der Waals surface area contributed by atoms with Gasteiger partial charge in [-0.3, -0.25) is 0 Å². The summed E-state index contributed by atoms with van der Waals surface area (Å²) in [6.45, 7) is 7.73. The van der Waals surface area contributed by atoms with Gasteiger partial charge in [-0.05, 0) is 31.2 Å². The average Bonchev–Trinajstić information content (AvgIpc) is 3.20. The highest BCUT2D eigenvalue weighted by Crippen LogP contribution is 2.35. The fourth-order valence-electron chi connectivity index (χ4n) is 3.89. The van der Waals surface area contributed by atoms with Crippen LogP contribution in [0.15, 0.2) is 18.2 Å². The maximum Gasteiger partial charge on any atom is 0.186 e. The quantitative estimate of drug-likeness (QED) is 0.881. The van der Waals surface area contributed by atoms with Crippen molar-refractivity contribution < 1.29 is 5.11 Å². The molecule has 7 heteroatoms. The molecule has 0 unspecified atom stereocenters. The summed E-state index contributed by atoms with van der Waals surface area (Å²) in [5.74, 6) is 0.833. The number of aliphatic hydroxyl groups is 1. The zero-order valence-corrected chi connectivity index (χ0v) is 16.1. The third kappa shape index (κ3) is 3.78. The molecule has 2 aliphatic heterocycles. The molecule has 0 saturated carbocycles. The molecule has 3 heterocycles. The van der Waals surface area contributed by atoms with E-state index in [1.54, 1.807) is 11.3 Å². The Bertz CT molecular complexity index is 731. The zero-order chi connectivity index (χ0) is 17.4. The number of aliphatic hydroxyl groups excluding tert-OH is 1. The molecular formula is C18H25ClN4OS. The van der Waals surface area contributed by atoms with Crippen LogP contribution in [0.2, 0.25) is 5.02 Å². The number of rotatable bonds is 4. The van der Waals surface area contributed by atoms with Crippen molar-refractivity contribution in [3.63, 3.8) is 0 Å². The molecule has 0 spiro atoms. The fourth-order valence-corrected chi connectivity index (χ4v) is 5.15. The first-order valence-corrected chi connectivity index (χ1v) is 10.1. The lowest BCUT2D eigenvalue weighted by atomic mass is 9.96. The molecule has 2 aliphatic rings. The van der Waals surface area contributed by atoms with Crippen LogP contribution in [0.5, 0.6) is 0 Å². The van der Waals surface area contributed by atoms with Crippen LogP contribution in [-0.2, 0) is 0 Å². The van der Waals surface area contributed by atoms with Crippen molar-refractivity contribution in [3.05, 3.63) is 23.2 Å². The smallest absolute Gasteiger partial charge is 0.186 e. The summed E-state index contributed by atoms with van der Waals surface area (Å²) in [5, 5.41) is 11.7. The number of halogens is 1. The van der Waals surface area contributed by atoms with Crippen molar-refractivity contribution in [1.29, 1.82) is 0 Å². The van der Waals surface area contributed by atoms with Gasteiger partial charge in [-0.25, -0.2) is 4.98 Å². The van der Waals surface area contributed by atoms with E-state index in [2.05, 4.69) is 21.7 Å². The maximum absolute atomic E-state index is 9.86. The molecule has 1 aromatic heterocycles.